The van der Waals surface area contributed by atoms with Gasteiger partial charge in [0.2, 0.25) is 11.8 Å². The molecule has 0 radical (unpaired) electrons. The average Bonchev–Trinajstić information content (AvgIpc) is 3.02. The van der Waals surface area contributed by atoms with Gasteiger partial charge in [-0.25, -0.2) is 9.69 Å². The summed E-state index contributed by atoms with van der Waals surface area (Å²) in [5.41, 5.74) is 0.622. The number of imide groups is 1. The standard InChI is InChI=1S/C16H14N2O4S/c1-8-11(7-17)15(23-12(8)16(21)22-2)18-13(19)9-5-3-4-6-10(9)14(18)20/h3-4,9-10H,5-6H2,1-2H3. The maximum Gasteiger partial charge on any atom is 0.348 e. The van der Waals surface area contributed by atoms with Gasteiger partial charge in [-0.1, -0.05) is 12.2 Å². The zero-order valence-corrected chi connectivity index (χ0v) is 13.5. The Kier molecular flexibility index (Phi) is 3.78. The molecule has 118 valence electrons. The van der Waals surface area contributed by atoms with Gasteiger partial charge in [-0.2, -0.15) is 5.26 Å². The normalized spacial score (nSPS) is 22.9. The van der Waals surface area contributed by atoms with Crippen molar-refractivity contribution in [3.05, 3.63) is 28.2 Å². The zero-order chi connectivity index (χ0) is 16.7. The highest BCUT2D eigenvalue weighted by atomic mass is 32.1. The van der Waals surface area contributed by atoms with E-state index in [-0.39, 0.29) is 39.1 Å². The van der Waals surface area contributed by atoms with Gasteiger partial charge >= 0.3 is 5.97 Å². The van der Waals surface area contributed by atoms with Crippen LogP contribution in [0.1, 0.15) is 33.6 Å². The van der Waals surface area contributed by atoms with E-state index >= 15 is 0 Å². The van der Waals surface area contributed by atoms with Gasteiger partial charge in [0.1, 0.15) is 15.9 Å². The number of esters is 1. The highest BCUT2D eigenvalue weighted by Gasteiger charge is 2.49. The minimum Gasteiger partial charge on any atom is -0.465 e. The summed E-state index contributed by atoms with van der Waals surface area (Å²) in [6, 6.07) is 2.00. The molecule has 2 unspecified atom stereocenters. The second-order valence-corrected chi connectivity index (χ2v) is 6.51. The number of hydrogen-bond acceptors (Lipinski definition) is 6. The summed E-state index contributed by atoms with van der Waals surface area (Å²) in [5.74, 6) is -1.91. The number of fused-ring (bicyclic) bond motifs is 1. The number of rotatable bonds is 2. The molecular formula is C16H14N2O4S. The van der Waals surface area contributed by atoms with Crippen LogP contribution in [-0.4, -0.2) is 24.9 Å². The second-order valence-electron chi connectivity index (χ2n) is 5.51. The highest BCUT2D eigenvalue weighted by molar-refractivity contribution is 7.18. The molecular weight excluding hydrogens is 316 g/mol. The number of nitriles is 1. The summed E-state index contributed by atoms with van der Waals surface area (Å²) in [5, 5.41) is 9.63. The SMILES string of the molecule is COC(=O)c1sc(N2C(=O)C3CC=CCC3C2=O)c(C#N)c1C. The number of amides is 2. The summed E-state index contributed by atoms with van der Waals surface area (Å²) in [6.45, 7) is 1.62. The molecule has 2 aliphatic rings. The molecule has 0 bridgehead atoms. The Bertz CT molecular complexity index is 761. The Morgan fingerprint density at radius 1 is 1.30 bits per heavy atom. The first kappa shape index (κ1) is 15.4. The van der Waals surface area contributed by atoms with E-state index in [1.807, 2.05) is 18.2 Å². The van der Waals surface area contributed by atoms with Crippen molar-refractivity contribution in [1.82, 2.24) is 0 Å². The minimum atomic E-state index is -0.576. The fourth-order valence-corrected chi connectivity index (χ4v) is 4.26. The monoisotopic (exact) mass is 330 g/mol. The number of hydrogen-bond donors (Lipinski definition) is 0. The maximum absolute atomic E-state index is 12.6. The lowest BCUT2D eigenvalue weighted by Gasteiger charge is -2.14. The van der Waals surface area contributed by atoms with Crippen LogP contribution in [-0.2, 0) is 14.3 Å². The number of carbonyl (C=O) groups excluding carboxylic acids is 3. The van der Waals surface area contributed by atoms with Crippen molar-refractivity contribution >= 4 is 34.1 Å². The molecule has 1 fully saturated rings. The molecule has 0 spiro atoms. The van der Waals surface area contributed by atoms with Crippen molar-refractivity contribution in [3.63, 3.8) is 0 Å². The number of anilines is 1. The number of allylic oxidation sites excluding steroid dienone is 2. The summed E-state index contributed by atoms with van der Waals surface area (Å²) in [7, 11) is 1.25. The van der Waals surface area contributed by atoms with Crippen LogP contribution in [0.5, 0.6) is 0 Å². The average molecular weight is 330 g/mol. The van der Waals surface area contributed by atoms with Crippen LogP contribution in [0.4, 0.5) is 5.00 Å². The fraction of sp³-hybridized carbons (Fsp3) is 0.375. The minimum absolute atomic E-state index is 0.184. The molecule has 7 heteroatoms. The van der Waals surface area contributed by atoms with Crippen LogP contribution in [0.25, 0.3) is 0 Å². The molecule has 0 aromatic carbocycles. The van der Waals surface area contributed by atoms with Crippen molar-refractivity contribution in [2.45, 2.75) is 19.8 Å². The maximum atomic E-state index is 12.6. The van der Waals surface area contributed by atoms with Crippen molar-refractivity contribution in [2.24, 2.45) is 11.8 Å². The van der Waals surface area contributed by atoms with Crippen molar-refractivity contribution in [3.8, 4) is 6.07 Å². The summed E-state index contributed by atoms with van der Waals surface area (Å²) >= 11 is 0.960. The lowest BCUT2D eigenvalue weighted by Crippen LogP contribution is -2.30. The van der Waals surface area contributed by atoms with Gasteiger partial charge in [-0.05, 0) is 25.3 Å². The molecule has 1 aliphatic carbocycles. The highest BCUT2D eigenvalue weighted by Crippen LogP contribution is 2.43. The van der Waals surface area contributed by atoms with Gasteiger partial charge < -0.3 is 4.74 Å². The summed E-state index contributed by atoms with van der Waals surface area (Å²) in [4.78, 5) is 38.4. The Morgan fingerprint density at radius 3 is 2.35 bits per heavy atom. The van der Waals surface area contributed by atoms with Crippen molar-refractivity contribution in [1.29, 1.82) is 5.26 Å². The van der Waals surface area contributed by atoms with Gasteiger partial charge in [-0.15, -0.1) is 11.3 Å². The molecule has 1 aliphatic heterocycles. The lowest BCUT2D eigenvalue weighted by atomic mass is 9.85. The molecule has 1 aromatic heterocycles. The molecule has 0 saturated carbocycles. The molecule has 2 amide bonds. The first-order valence-electron chi connectivity index (χ1n) is 7.15. The number of ether oxygens (including phenoxy) is 1. The van der Waals surface area contributed by atoms with E-state index < -0.39 is 5.97 Å². The number of carbonyl (C=O) groups is 3. The Hall–Kier alpha value is -2.46. The van der Waals surface area contributed by atoms with Crippen LogP contribution in [0.15, 0.2) is 12.2 Å². The van der Waals surface area contributed by atoms with Crippen LogP contribution in [0.3, 0.4) is 0 Å². The van der Waals surface area contributed by atoms with Gasteiger partial charge in [0.25, 0.3) is 0 Å². The van der Waals surface area contributed by atoms with E-state index in [9.17, 15) is 19.6 Å². The first-order chi connectivity index (χ1) is 11.0. The predicted molar refractivity (Wildman–Crippen MR) is 83.0 cm³/mol. The third-order valence-electron chi connectivity index (χ3n) is 4.32. The van der Waals surface area contributed by atoms with Crippen LogP contribution < -0.4 is 4.90 Å². The lowest BCUT2D eigenvalue weighted by molar-refractivity contribution is -0.122. The van der Waals surface area contributed by atoms with Crippen LogP contribution in [0, 0.1) is 30.1 Å². The first-order valence-corrected chi connectivity index (χ1v) is 7.97. The molecule has 0 N–H and O–H groups in total. The topological polar surface area (TPSA) is 87.5 Å². The van der Waals surface area contributed by atoms with Gasteiger partial charge in [0.05, 0.1) is 24.5 Å². The van der Waals surface area contributed by atoms with E-state index in [1.165, 1.54) is 7.11 Å². The fourth-order valence-electron chi connectivity index (χ4n) is 3.08. The molecule has 6 nitrogen and oxygen atoms in total. The second kappa shape index (κ2) is 5.63. The van der Waals surface area contributed by atoms with Crippen LogP contribution >= 0.6 is 11.3 Å². The Morgan fingerprint density at radius 2 is 1.87 bits per heavy atom. The van der Waals surface area contributed by atoms with E-state index in [0.29, 0.717) is 18.4 Å². The van der Waals surface area contributed by atoms with Gasteiger partial charge in [0.15, 0.2) is 0 Å². The molecule has 3 rings (SSSR count). The third-order valence-corrected chi connectivity index (χ3v) is 5.58. The summed E-state index contributed by atoms with van der Waals surface area (Å²) in [6.07, 6.45) is 4.87. The number of thiophene rings is 1. The molecule has 2 heterocycles. The van der Waals surface area contributed by atoms with Crippen molar-refractivity contribution < 1.29 is 19.1 Å². The Balaban J connectivity index is 2.09. The zero-order valence-electron chi connectivity index (χ0n) is 12.7. The number of nitrogens with zero attached hydrogens (tertiary/aromatic N) is 2. The summed E-state index contributed by atoms with van der Waals surface area (Å²) < 4.78 is 4.70. The van der Waals surface area contributed by atoms with E-state index in [2.05, 4.69) is 0 Å². The Labute approximate surface area is 137 Å². The van der Waals surface area contributed by atoms with Crippen LogP contribution in [0.2, 0.25) is 0 Å². The van der Waals surface area contributed by atoms with Gasteiger partial charge in [0, 0.05) is 0 Å². The molecule has 23 heavy (non-hydrogen) atoms. The van der Waals surface area contributed by atoms with E-state index in [4.69, 9.17) is 4.74 Å². The quantitative estimate of drug-likeness (QED) is 0.471. The largest absolute Gasteiger partial charge is 0.465 e. The van der Waals surface area contributed by atoms with Gasteiger partial charge in [-0.3, -0.25) is 9.59 Å². The molecule has 1 aromatic rings. The molecule has 1 saturated heterocycles. The smallest absolute Gasteiger partial charge is 0.348 e. The predicted octanol–water partition coefficient (Wildman–Crippen LogP) is 2.17. The molecule has 2 atom stereocenters. The van der Waals surface area contributed by atoms with E-state index in [0.717, 1.165) is 16.2 Å². The number of methoxy groups -OCH3 is 1. The van der Waals surface area contributed by atoms with E-state index in [1.54, 1.807) is 6.92 Å². The van der Waals surface area contributed by atoms with Crippen molar-refractivity contribution in [2.75, 3.05) is 12.0 Å². The third kappa shape index (κ3) is 2.18.